The van der Waals surface area contributed by atoms with Crippen LogP contribution in [0.15, 0.2) is 35.4 Å². The van der Waals surface area contributed by atoms with Crippen molar-refractivity contribution in [3.63, 3.8) is 0 Å². The van der Waals surface area contributed by atoms with Gasteiger partial charge in [0.15, 0.2) is 5.03 Å². The molecule has 0 atom stereocenters. The van der Waals surface area contributed by atoms with E-state index >= 15 is 0 Å². The Labute approximate surface area is 148 Å². The lowest BCUT2D eigenvalue weighted by atomic mass is 10.1. The molecule has 0 saturated carbocycles. The number of thioether (sulfide) groups is 1. The lowest BCUT2D eigenvalue weighted by molar-refractivity contribution is -0.410. The second-order valence-corrected chi connectivity index (χ2v) is 6.06. The van der Waals surface area contributed by atoms with Crippen LogP contribution < -0.4 is 16.0 Å². The van der Waals surface area contributed by atoms with Gasteiger partial charge in [0.05, 0.1) is 5.75 Å². The fourth-order valence-corrected chi connectivity index (χ4v) is 2.84. The number of nitrogen functional groups attached to an aromatic ring is 1. The molecule has 0 aliphatic carbocycles. The lowest BCUT2D eigenvalue weighted by Crippen LogP contribution is -2.28. The molecule has 8 heteroatoms. The maximum atomic E-state index is 12.8. The highest BCUT2D eigenvalue weighted by Gasteiger charge is 2.15. The van der Waals surface area contributed by atoms with Gasteiger partial charge in [0.1, 0.15) is 29.1 Å². The van der Waals surface area contributed by atoms with Gasteiger partial charge in [0.25, 0.3) is 5.82 Å². The number of benzene rings is 1. The smallest absolute Gasteiger partial charge is 0.289 e. The SMILES string of the molecule is N#Cc1cc(C#N)c(SCC(=O)NCCc2ccc(F)cc2)[nH+]c1N. The number of nitrogens with two attached hydrogens (primary N) is 1. The first-order valence-corrected chi connectivity index (χ1v) is 8.32. The van der Waals surface area contributed by atoms with E-state index < -0.39 is 0 Å². The highest BCUT2D eigenvalue weighted by Crippen LogP contribution is 2.20. The number of hydrogen-bond acceptors (Lipinski definition) is 5. The minimum Gasteiger partial charge on any atom is -0.355 e. The quantitative estimate of drug-likeness (QED) is 0.759. The van der Waals surface area contributed by atoms with Crippen LogP contribution in [0.2, 0.25) is 0 Å². The largest absolute Gasteiger partial charge is 0.355 e. The molecule has 6 nitrogen and oxygen atoms in total. The third-order valence-electron chi connectivity index (χ3n) is 3.31. The lowest BCUT2D eigenvalue weighted by Gasteiger charge is -2.06. The molecule has 2 rings (SSSR count). The fourth-order valence-electron chi connectivity index (χ4n) is 2.02. The van der Waals surface area contributed by atoms with E-state index in [4.69, 9.17) is 16.3 Å². The van der Waals surface area contributed by atoms with Crippen LogP contribution in [0.4, 0.5) is 10.2 Å². The van der Waals surface area contributed by atoms with Gasteiger partial charge >= 0.3 is 0 Å². The highest BCUT2D eigenvalue weighted by atomic mass is 32.2. The van der Waals surface area contributed by atoms with E-state index in [1.807, 2.05) is 12.1 Å². The number of aromatic amines is 1. The Hall–Kier alpha value is -3.10. The summed E-state index contributed by atoms with van der Waals surface area (Å²) >= 11 is 1.13. The molecule has 1 aromatic carbocycles. The topological polar surface area (TPSA) is 117 Å². The predicted octanol–water partition coefficient (Wildman–Crippen LogP) is 1.42. The molecule has 0 unspecified atom stereocenters. The van der Waals surface area contributed by atoms with Crippen molar-refractivity contribution in [1.82, 2.24) is 5.32 Å². The number of amides is 1. The van der Waals surface area contributed by atoms with Crippen molar-refractivity contribution >= 4 is 23.5 Å². The Kier molecular flexibility index (Phi) is 6.33. The van der Waals surface area contributed by atoms with Crippen molar-refractivity contribution in [2.45, 2.75) is 11.4 Å². The number of anilines is 1. The van der Waals surface area contributed by atoms with Crippen molar-refractivity contribution in [3.05, 3.63) is 52.8 Å². The highest BCUT2D eigenvalue weighted by molar-refractivity contribution is 7.99. The first-order chi connectivity index (χ1) is 12.0. The third-order valence-corrected chi connectivity index (χ3v) is 4.33. The summed E-state index contributed by atoms with van der Waals surface area (Å²) in [7, 11) is 0. The second kappa shape index (κ2) is 8.67. The molecule has 0 aliphatic rings. The molecule has 1 heterocycles. The Balaban J connectivity index is 1.86. The van der Waals surface area contributed by atoms with Gasteiger partial charge in [-0.25, -0.2) is 9.37 Å². The molecule has 2 aromatic rings. The van der Waals surface area contributed by atoms with E-state index in [-0.39, 0.29) is 34.4 Å². The van der Waals surface area contributed by atoms with E-state index in [1.54, 1.807) is 12.1 Å². The molecular formula is C17H15FN5OS+. The first-order valence-electron chi connectivity index (χ1n) is 7.33. The summed E-state index contributed by atoms with van der Waals surface area (Å²) in [6.07, 6.45) is 0.593. The second-order valence-electron chi connectivity index (χ2n) is 5.08. The number of carbonyl (C=O) groups is 1. The van der Waals surface area contributed by atoms with E-state index in [9.17, 15) is 9.18 Å². The molecule has 0 fully saturated rings. The van der Waals surface area contributed by atoms with Crippen LogP contribution in [0.5, 0.6) is 0 Å². The van der Waals surface area contributed by atoms with Gasteiger partial charge in [-0.3, -0.25) is 10.5 Å². The number of nitrogens with zero attached hydrogens (tertiary/aromatic N) is 2. The molecule has 0 aliphatic heterocycles. The molecule has 0 saturated heterocycles. The van der Waals surface area contributed by atoms with Crippen LogP contribution in [0.25, 0.3) is 0 Å². The van der Waals surface area contributed by atoms with Crippen molar-refractivity contribution < 1.29 is 14.2 Å². The molecule has 126 valence electrons. The van der Waals surface area contributed by atoms with Gasteiger partial charge in [0, 0.05) is 6.54 Å². The van der Waals surface area contributed by atoms with Gasteiger partial charge in [-0.05, 0) is 30.2 Å². The van der Waals surface area contributed by atoms with Crippen LogP contribution in [-0.4, -0.2) is 18.2 Å². The molecule has 25 heavy (non-hydrogen) atoms. The number of halogens is 1. The maximum Gasteiger partial charge on any atom is 0.289 e. The zero-order valence-corrected chi connectivity index (χ0v) is 14.0. The summed E-state index contributed by atoms with van der Waals surface area (Å²) in [5.74, 6) is -0.247. The van der Waals surface area contributed by atoms with Crippen molar-refractivity contribution in [1.29, 1.82) is 10.5 Å². The molecule has 1 aromatic heterocycles. The van der Waals surface area contributed by atoms with Crippen LogP contribution >= 0.6 is 11.8 Å². The molecule has 1 amide bonds. The van der Waals surface area contributed by atoms with E-state index in [2.05, 4.69) is 10.3 Å². The van der Waals surface area contributed by atoms with Crippen molar-refractivity contribution in [3.8, 4) is 12.1 Å². The summed E-state index contributed by atoms with van der Waals surface area (Å²) in [6.45, 7) is 0.426. The Morgan fingerprint density at radius 3 is 2.56 bits per heavy atom. The number of hydrogen-bond donors (Lipinski definition) is 2. The van der Waals surface area contributed by atoms with E-state index in [0.29, 0.717) is 18.0 Å². The number of aromatic nitrogens is 1. The van der Waals surface area contributed by atoms with Gasteiger partial charge in [0.2, 0.25) is 5.91 Å². The molecule has 0 spiro atoms. The van der Waals surface area contributed by atoms with Crippen LogP contribution in [0, 0.1) is 28.5 Å². The van der Waals surface area contributed by atoms with Gasteiger partial charge in [-0.15, -0.1) is 0 Å². The van der Waals surface area contributed by atoms with Crippen LogP contribution in [-0.2, 0) is 11.2 Å². The predicted molar refractivity (Wildman–Crippen MR) is 90.7 cm³/mol. The molecule has 0 radical (unpaired) electrons. The Morgan fingerprint density at radius 2 is 1.92 bits per heavy atom. The molecule has 0 bridgehead atoms. The zero-order valence-electron chi connectivity index (χ0n) is 13.2. The minimum absolute atomic E-state index is 0.0972. The fraction of sp³-hybridized carbons (Fsp3) is 0.176. The van der Waals surface area contributed by atoms with Crippen molar-refractivity contribution in [2.24, 2.45) is 0 Å². The Bertz CT molecular complexity index is 855. The monoisotopic (exact) mass is 356 g/mol. The van der Waals surface area contributed by atoms with Gasteiger partial charge in [-0.2, -0.15) is 10.5 Å². The number of pyridine rings is 1. The number of nitriles is 2. The average Bonchev–Trinajstić information content (AvgIpc) is 2.61. The summed E-state index contributed by atoms with van der Waals surface area (Å²) in [6, 6.07) is 11.3. The standard InChI is InChI=1S/C17H14FN5OS/c18-14-3-1-11(2-4-14)5-6-22-15(24)10-25-17-13(9-20)7-12(8-19)16(21)23-17/h1-4,7H,5-6,10H2,(H2,21,23)(H,22,24)/p+1. The first kappa shape index (κ1) is 18.2. The normalized spacial score (nSPS) is 9.88. The third kappa shape index (κ3) is 5.20. The number of carbonyl (C=O) groups excluding carboxylic acids is 1. The van der Waals surface area contributed by atoms with E-state index in [0.717, 1.165) is 17.3 Å². The van der Waals surface area contributed by atoms with Gasteiger partial charge < -0.3 is 5.32 Å². The summed E-state index contributed by atoms with van der Waals surface area (Å²) in [5.41, 5.74) is 7.06. The summed E-state index contributed by atoms with van der Waals surface area (Å²) in [5, 5.41) is 21.2. The summed E-state index contributed by atoms with van der Waals surface area (Å²) in [4.78, 5) is 14.7. The minimum atomic E-state index is -0.296. The maximum absolute atomic E-state index is 12.8. The molecular weight excluding hydrogens is 341 g/mol. The summed E-state index contributed by atoms with van der Waals surface area (Å²) < 4.78 is 12.8. The van der Waals surface area contributed by atoms with Crippen LogP contribution in [0.3, 0.4) is 0 Å². The van der Waals surface area contributed by atoms with Crippen molar-refractivity contribution in [2.75, 3.05) is 18.0 Å². The number of rotatable bonds is 6. The molecule has 4 N–H and O–H groups in total. The zero-order chi connectivity index (χ0) is 18.2. The van der Waals surface area contributed by atoms with Crippen LogP contribution in [0.1, 0.15) is 16.7 Å². The van der Waals surface area contributed by atoms with Gasteiger partial charge in [-0.1, -0.05) is 23.9 Å². The number of nitrogens with one attached hydrogen (secondary N) is 2. The average molecular weight is 356 g/mol. The number of H-pyrrole nitrogens is 1. The van der Waals surface area contributed by atoms with E-state index in [1.165, 1.54) is 18.2 Å². The Morgan fingerprint density at radius 1 is 1.24 bits per heavy atom.